The van der Waals surface area contributed by atoms with Crippen molar-refractivity contribution in [3.63, 3.8) is 0 Å². The number of benzene rings is 1. The number of aromatic nitrogens is 1. The number of amides is 2. The maximum atomic E-state index is 13.1. The van der Waals surface area contributed by atoms with Crippen LogP contribution in [0.4, 0.5) is 5.00 Å². The largest absolute Gasteiger partial charge is 0.365 e. The number of anilines is 1. The molecule has 0 aliphatic heterocycles. The number of hydrogen-bond donors (Lipinski definition) is 2. The number of hydrogen-bond acceptors (Lipinski definition) is 5. The van der Waals surface area contributed by atoms with Gasteiger partial charge in [-0.25, -0.2) is 0 Å². The maximum absolute atomic E-state index is 13.1. The number of nitrogens with two attached hydrogens (primary N) is 1. The zero-order chi connectivity index (χ0) is 22.5. The lowest BCUT2D eigenvalue weighted by molar-refractivity contribution is -0.118. The van der Waals surface area contributed by atoms with Crippen LogP contribution in [0.2, 0.25) is 0 Å². The summed E-state index contributed by atoms with van der Waals surface area (Å²) < 4.78 is 0. The Balaban J connectivity index is 1.55. The van der Waals surface area contributed by atoms with Crippen molar-refractivity contribution < 1.29 is 9.59 Å². The van der Waals surface area contributed by atoms with E-state index in [4.69, 9.17) is 5.73 Å². The highest BCUT2D eigenvalue weighted by Crippen LogP contribution is 2.38. The minimum Gasteiger partial charge on any atom is -0.365 e. The molecule has 1 aliphatic rings. The number of carbonyl (C=O) groups is 2. The van der Waals surface area contributed by atoms with Crippen LogP contribution < -0.4 is 11.1 Å². The van der Waals surface area contributed by atoms with Crippen LogP contribution in [0.25, 0.3) is 0 Å². The highest BCUT2D eigenvalue weighted by molar-refractivity contribution is 7.17. The Labute approximate surface area is 192 Å². The normalized spacial score (nSPS) is 14.1. The van der Waals surface area contributed by atoms with Gasteiger partial charge in [0.2, 0.25) is 5.91 Å². The third kappa shape index (κ3) is 5.06. The zero-order valence-electron chi connectivity index (χ0n) is 18.2. The fourth-order valence-electron chi connectivity index (χ4n) is 4.22. The molecule has 1 atom stereocenters. The van der Waals surface area contributed by atoms with Gasteiger partial charge in [0.1, 0.15) is 5.00 Å². The molecule has 3 aromatic rings. The molecule has 3 N–H and O–H groups in total. The van der Waals surface area contributed by atoms with Crippen LogP contribution in [0.5, 0.6) is 0 Å². The van der Waals surface area contributed by atoms with Gasteiger partial charge < -0.3 is 11.1 Å². The van der Waals surface area contributed by atoms with Crippen LogP contribution in [0.1, 0.15) is 57.9 Å². The van der Waals surface area contributed by atoms with E-state index in [2.05, 4.69) is 34.3 Å². The van der Waals surface area contributed by atoms with E-state index in [0.29, 0.717) is 17.1 Å². The molecule has 0 saturated heterocycles. The highest BCUT2D eigenvalue weighted by Gasteiger charge is 2.26. The van der Waals surface area contributed by atoms with E-state index in [9.17, 15) is 9.59 Å². The monoisotopic (exact) mass is 448 g/mol. The lowest BCUT2D eigenvalue weighted by Crippen LogP contribution is -2.35. The van der Waals surface area contributed by atoms with Crippen LogP contribution >= 0.6 is 11.3 Å². The number of pyridine rings is 1. The molecule has 166 valence electrons. The Kier molecular flexibility index (Phi) is 6.97. The van der Waals surface area contributed by atoms with Crippen molar-refractivity contribution in [1.82, 2.24) is 9.88 Å². The second-order valence-electron chi connectivity index (χ2n) is 8.15. The molecule has 2 aromatic heterocycles. The van der Waals surface area contributed by atoms with Crippen LogP contribution in [0.15, 0.2) is 54.7 Å². The molecule has 0 fully saturated rings. The van der Waals surface area contributed by atoms with Crippen molar-refractivity contribution in [2.75, 3.05) is 11.9 Å². The van der Waals surface area contributed by atoms with Gasteiger partial charge in [-0.1, -0.05) is 36.4 Å². The van der Waals surface area contributed by atoms with E-state index in [1.807, 2.05) is 36.4 Å². The minimum atomic E-state index is -0.470. The Bertz CT molecular complexity index is 1080. The first kappa shape index (κ1) is 22.2. The molecular weight excluding hydrogens is 420 g/mol. The summed E-state index contributed by atoms with van der Waals surface area (Å²) in [5, 5.41) is 3.57. The third-order valence-corrected chi connectivity index (χ3v) is 7.12. The maximum Gasteiger partial charge on any atom is 0.251 e. The Hall–Kier alpha value is -3.03. The molecule has 0 spiro atoms. The van der Waals surface area contributed by atoms with Gasteiger partial charge >= 0.3 is 0 Å². The molecule has 2 amide bonds. The molecule has 2 heterocycles. The summed E-state index contributed by atoms with van der Waals surface area (Å²) in [4.78, 5) is 33.0. The summed E-state index contributed by atoms with van der Waals surface area (Å²) in [6, 6.07) is 15.8. The first-order chi connectivity index (χ1) is 15.5. The molecule has 0 radical (unpaired) electrons. The smallest absolute Gasteiger partial charge is 0.251 e. The van der Waals surface area contributed by atoms with Gasteiger partial charge in [-0.3, -0.25) is 19.5 Å². The standard InChI is InChI=1S/C25H28N4O2S/c1-17(20-12-7-8-14-27-20)29(15-18-9-3-2-4-10-18)16-22(30)28-25-23(24(26)31)19-11-5-6-13-21(19)32-25/h2-4,7-10,12,14,17H,5-6,11,13,15-16H2,1H3,(H2,26,31)(H,28,30). The van der Waals surface area contributed by atoms with Gasteiger partial charge in [-0.15, -0.1) is 11.3 Å². The van der Waals surface area contributed by atoms with Gasteiger partial charge in [0.15, 0.2) is 0 Å². The molecule has 1 aromatic carbocycles. The van der Waals surface area contributed by atoms with Crippen molar-refractivity contribution in [2.45, 2.75) is 45.2 Å². The minimum absolute atomic E-state index is 0.0608. The second kappa shape index (κ2) is 10.1. The van der Waals surface area contributed by atoms with Crippen LogP contribution in [0.3, 0.4) is 0 Å². The Morgan fingerprint density at radius 1 is 1.12 bits per heavy atom. The van der Waals surface area contributed by atoms with Crippen molar-refractivity contribution in [1.29, 1.82) is 0 Å². The second-order valence-corrected chi connectivity index (χ2v) is 9.25. The first-order valence-electron chi connectivity index (χ1n) is 11.0. The van der Waals surface area contributed by atoms with Gasteiger partial charge in [0.25, 0.3) is 5.91 Å². The zero-order valence-corrected chi connectivity index (χ0v) is 19.0. The van der Waals surface area contributed by atoms with Gasteiger partial charge in [-0.05, 0) is 55.9 Å². The molecule has 32 heavy (non-hydrogen) atoms. The van der Waals surface area contributed by atoms with Crippen LogP contribution in [0, 0.1) is 0 Å². The quantitative estimate of drug-likeness (QED) is 0.537. The molecular formula is C25H28N4O2S. The predicted octanol–water partition coefficient (Wildman–Crippen LogP) is 4.32. The molecule has 0 bridgehead atoms. The lowest BCUT2D eigenvalue weighted by atomic mass is 9.95. The first-order valence-corrected chi connectivity index (χ1v) is 11.8. The summed E-state index contributed by atoms with van der Waals surface area (Å²) in [6.07, 6.45) is 5.70. The highest BCUT2D eigenvalue weighted by atomic mass is 32.1. The van der Waals surface area contributed by atoms with E-state index < -0.39 is 5.91 Å². The number of aryl methyl sites for hydroxylation is 1. The summed E-state index contributed by atoms with van der Waals surface area (Å²) >= 11 is 1.49. The SMILES string of the molecule is CC(c1ccccn1)N(CC(=O)Nc1sc2c(c1C(N)=O)CCCC2)Cc1ccccc1. The predicted molar refractivity (Wildman–Crippen MR) is 128 cm³/mol. The number of thiophene rings is 1. The number of fused-ring (bicyclic) bond motifs is 1. The average Bonchev–Trinajstić information content (AvgIpc) is 3.17. The molecule has 4 rings (SSSR count). The van der Waals surface area contributed by atoms with E-state index in [0.717, 1.165) is 42.5 Å². The van der Waals surface area contributed by atoms with Crippen molar-refractivity contribution in [3.05, 3.63) is 82.0 Å². The summed E-state index contributed by atoms with van der Waals surface area (Å²) in [5.41, 5.74) is 9.22. The number of carbonyl (C=O) groups excluding carboxylic acids is 2. The van der Waals surface area contributed by atoms with E-state index >= 15 is 0 Å². The molecule has 6 nitrogen and oxygen atoms in total. The van der Waals surface area contributed by atoms with E-state index in [-0.39, 0.29) is 18.5 Å². The van der Waals surface area contributed by atoms with Gasteiger partial charge in [0, 0.05) is 17.6 Å². The fourth-order valence-corrected chi connectivity index (χ4v) is 5.53. The topological polar surface area (TPSA) is 88.3 Å². The van der Waals surface area contributed by atoms with E-state index in [1.165, 1.54) is 16.2 Å². The van der Waals surface area contributed by atoms with Crippen LogP contribution in [-0.4, -0.2) is 28.2 Å². The Morgan fingerprint density at radius 2 is 1.88 bits per heavy atom. The third-order valence-electron chi connectivity index (χ3n) is 5.91. The molecule has 1 aliphatic carbocycles. The lowest BCUT2D eigenvalue weighted by Gasteiger charge is -2.28. The summed E-state index contributed by atoms with van der Waals surface area (Å²) in [6.45, 7) is 2.83. The molecule has 1 unspecified atom stereocenters. The van der Waals surface area contributed by atoms with Crippen molar-refractivity contribution in [2.24, 2.45) is 5.73 Å². The van der Waals surface area contributed by atoms with Crippen LogP contribution in [-0.2, 0) is 24.2 Å². The average molecular weight is 449 g/mol. The molecule has 7 heteroatoms. The fraction of sp³-hybridized carbons (Fsp3) is 0.320. The van der Waals surface area contributed by atoms with Crippen molar-refractivity contribution in [3.8, 4) is 0 Å². The number of nitrogens with one attached hydrogen (secondary N) is 1. The Morgan fingerprint density at radius 3 is 2.59 bits per heavy atom. The van der Waals surface area contributed by atoms with Crippen molar-refractivity contribution >= 4 is 28.2 Å². The number of nitrogens with zero attached hydrogens (tertiary/aromatic N) is 2. The van der Waals surface area contributed by atoms with E-state index in [1.54, 1.807) is 6.20 Å². The van der Waals surface area contributed by atoms with Gasteiger partial charge in [-0.2, -0.15) is 0 Å². The number of primary amides is 1. The summed E-state index contributed by atoms with van der Waals surface area (Å²) in [7, 11) is 0. The number of rotatable bonds is 8. The molecule has 0 saturated carbocycles. The van der Waals surface area contributed by atoms with Gasteiger partial charge in [0.05, 0.1) is 23.8 Å². The summed E-state index contributed by atoms with van der Waals surface area (Å²) in [5.74, 6) is -0.632.